The van der Waals surface area contributed by atoms with Gasteiger partial charge in [0.1, 0.15) is 12.4 Å². The average molecular weight is 345 g/mol. The molecule has 0 aliphatic carbocycles. The van der Waals surface area contributed by atoms with Gasteiger partial charge in [-0.2, -0.15) is 0 Å². The van der Waals surface area contributed by atoms with E-state index in [0.717, 1.165) is 49.9 Å². The molecule has 1 atom stereocenters. The molecule has 4 N–H and O–H groups in total. The van der Waals surface area contributed by atoms with E-state index in [2.05, 4.69) is 22.8 Å². The summed E-state index contributed by atoms with van der Waals surface area (Å²) in [6.07, 6.45) is 0. The first kappa shape index (κ1) is 16.2. The van der Waals surface area contributed by atoms with Gasteiger partial charge in [0.05, 0.1) is 26.2 Å². The minimum Gasteiger partial charge on any atom is -0.454 e. The van der Waals surface area contributed by atoms with Gasteiger partial charge in [-0.15, -0.1) is 0 Å². The lowest BCUT2D eigenvalue weighted by molar-refractivity contribution is -0.938. The Morgan fingerprint density at radius 2 is 1.76 bits per heavy atom. The minimum atomic E-state index is -0.187. The van der Waals surface area contributed by atoms with Crippen molar-refractivity contribution in [3.63, 3.8) is 0 Å². The molecule has 2 heterocycles. The Morgan fingerprint density at radius 1 is 1.04 bits per heavy atom. The number of fused-ring (bicyclic) bond motifs is 1. The highest BCUT2D eigenvalue weighted by molar-refractivity contribution is 5.47. The van der Waals surface area contributed by atoms with Crippen molar-refractivity contribution in [1.29, 1.82) is 0 Å². The Kier molecular flexibility index (Phi) is 4.46. The number of rotatable bonds is 4. The zero-order valence-electron chi connectivity index (χ0n) is 14.2. The summed E-state index contributed by atoms with van der Waals surface area (Å²) in [4.78, 5) is 3.86. The Bertz CT molecular complexity index is 730. The molecule has 0 amide bonds. The molecule has 0 spiro atoms. The van der Waals surface area contributed by atoms with Crippen LogP contribution in [-0.4, -0.2) is 39.5 Å². The van der Waals surface area contributed by atoms with Gasteiger partial charge in [-0.1, -0.05) is 0 Å². The van der Waals surface area contributed by atoms with Crippen molar-refractivity contribution in [1.82, 2.24) is 0 Å². The average Bonchev–Trinajstić information content (AvgIpc) is 3.12. The van der Waals surface area contributed by atoms with Gasteiger partial charge in [-0.3, -0.25) is 0 Å². The first-order valence-corrected chi connectivity index (χ1v) is 8.78. The van der Waals surface area contributed by atoms with E-state index < -0.39 is 0 Å². The van der Waals surface area contributed by atoms with Crippen LogP contribution >= 0.6 is 0 Å². The van der Waals surface area contributed by atoms with Crippen LogP contribution in [0.1, 0.15) is 11.6 Å². The number of nitrogens with one attached hydrogen (secondary N) is 1. The van der Waals surface area contributed by atoms with Crippen LogP contribution < -0.4 is 25.0 Å². The van der Waals surface area contributed by atoms with Crippen LogP contribution in [-0.2, 0) is 0 Å². The molecule has 6 heteroatoms. The molecule has 2 aromatic carbocycles. The lowest BCUT2D eigenvalue weighted by Crippen LogP contribution is -3.16. The highest BCUT2D eigenvalue weighted by Gasteiger charge is 2.30. The fourth-order valence-electron chi connectivity index (χ4n) is 3.79. The van der Waals surface area contributed by atoms with Crippen LogP contribution in [0.5, 0.6) is 11.5 Å². The van der Waals surface area contributed by atoms with Crippen molar-refractivity contribution in [3.8, 4) is 11.5 Å². The van der Waals surface area contributed by atoms with Gasteiger partial charge < -0.3 is 25.0 Å². The number of benzene rings is 2. The molecule has 0 unspecified atom stereocenters. The van der Waals surface area contributed by atoms with E-state index in [1.54, 1.807) is 0 Å². The minimum absolute atomic E-state index is 0.187. The predicted molar refractivity (Wildman–Crippen MR) is 92.4 cm³/mol. The zero-order chi connectivity index (χ0) is 17.2. The number of anilines is 1. The Balaban J connectivity index is 1.44. The number of halogens is 1. The lowest BCUT2D eigenvalue weighted by Gasteiger charge is -2.36. The van der Waals surface area contributed by atoms with Crippen molar-refractivity contribution in [3.05, 3.63) is 53.8 Å². The van der Waals surface area contributed by atoms with Crippen LogP contribution in [0.15, 0.2) is 42.5 Å². The standard InChI is InChI=1S/C19H22FN3O2/c20-15-2-4-16(5-3-15)22-7-9-23(10-8-22)17(12-21)14-1-6-18-19(11-14)25-13-24-18/h1-6,11,17H,7-10,12-13,21H2/p+2/t17-/m1/s1. The van der Waals surface area contributed by atoms with Gasteiger partial charge in [0.15, 0.2) is 17.5 Å². The van der Waals surface area contributed by atoms with Crippen molar-refractivity contribution in [2.75, 3.05) is 44.4 Å². The molecule has 2 aliphatic heterocycles. The van der Waals surface area contributed by atoms with E-state index in [1.807, 2.05) is 18.2 Å². The molecule has 2 aliphatic rings. The summed E-state index contributed by atoms with van der Waals surface area (Å²) in [5, 5.41) is 0. The summed E-state index contributed by atoms with van der Waals surface area (Å²) < 4.78 is 24.0. The second kappa shape index (κ2) is 6.90. The first-order valence-electron chi connectivity index (χ1n) is 8.78. The van der Waals surface area contributed by atoms with Crippen LogP contribution in [0, 0.1) is 5.82 Å². The van der Waals surface area contributed by atoms with Crippen LogP contribution in [0.2, 0.25) is 0 Å². The van der Waals surface area contributed by atoms with Crippen molar-refractivity contribution >= 4 is 5.69 Å². The summed E-state index contributed by atoms with van der Waals surface area (Å²) in [6.45, 7) is 5.13. The number of hydrogen-bond acceptors (Lipinski definition) is 3. The van der Waals surface area contributed by atoms with E-state index in [-0.39, 0.29) is 5.82 Å². The zero-order valence-corrected chi connectivity index (χ0v) is 14.2. The third-order valence-electron chi connectivity index (χ3n) is 5.18. The molecular weight excluding hydrogens is 321 g/mol. The van der Waals surface area contributed by atoms with Crippen LogP contribution in [0.4, 0.5) is 10.1 Å². The molecular formula is C19H24FN3O2+2. The second-order valence-electron chi connectivity index (χ2n) is 6.58. The number of ether oxygens (including phenoxy) is 2. The molecule has 0 saturated carbocycles. The van der Waals surface area contributed by atoms with Gasteiger partial charge >= 0.3 is 0 Å². The van der Waals surface area contributed by atoms with E-state index in [0.29, 0.717) is 12.8 Å². The Morgan fingerprint density at radius 3 is 2.48 bits per heavy atom. The summed E-state index contributed by atoms with van der Waals surface area (Å²) in [7, 11) is 0. The normalized spacial score (nSPS) is 18.4. The molecule has 5 nitrogen and oxygen atoms in total. The van der Waals surface area contributed by atoms with Gasteiger partial charge in [0, 0.05) is 11.3 Å². The van der Waals surface area contributed by atoms with Crippen molar-refractivity contribution in [2.45, 2.75) is 6.04 Å². The highest BCUT2D eigenvalue weighted by Crippen LogP contribution is 2.33. The number of quaternary nitrogens is 2. The second-order valence-corrected chi connectivity index (χ2v) is 6.58. The van der Waals surface area contributed by atoms with Gasteiger partial charge in [-0.25, -0.2) is 4.39 Å². The molecule has 132 valence electrons. The molecule has 4 rings (SSSR count). The SMILES string of the molecule is [NH3+]C[C@H](c1ccc2c(c1)OCO2)[NH+]1CCN(c2ccc(F)cc2)CC1. The number of nitrogens with zero attached hydrogens (tertiary/aromatic N) is 1. The third-order valence-corrected chi connectivity index (χ3v) is 5.18. The monoisotopic (exact) mass is 345 g/mol. The maximum absolute atomic E-state index is 13.1. The Labute approximate surface area is 146 Å². The molecule has 0 radical (unpaired) electrons. The van der Waals surface area contributed by atoms with Gasteiger partial charge in [0.25, 0.3) is 0 Å². The van der Waals surface area contributed by atoms with E-state index in [4.69, 9.17) is 9.47 Å². The number of piperazine rings is 1. The van der Waals surface area contributed by atoms with Gasteiger partial charge in [0.2, 0.25) is 6.79 Å². The van der Waals surface area contributed by atoms with Gasteiger partial charge in [-0.05, 0) is 42.5 Å². The molecule has 0 aromatic heterocycles. The van der Waals surface area contributed by atoms with E-state index >= 15 is 0 Å². The summed E-state index contributed by atoms with van der Waals surface area (Å²) in [5.41, 5.74) is 6.52. The quantitative estimate of drug-likeness (QED) is 0.835. The molecule has 0 bridgehead atoms. The fraction of sp³-hybridized carbons (Fsp3) is 0.368. The number of hydrogen-bond donors (Lipinski definition) is 2. The third kappa shape index (κ3) is 3.27. The molecule has 25 heavy (non-hydrogen) atoms. The maximum atomic E-state index is 13.1. The Hall–Kier alpha value is -2.31. The molecule has 1 saturated heterocycles. The highest BCUT2D eigenvalue weighted by atomic mass is 19.1. The fourth-order valence-corrected chi connectivity index (χ4v) is 3.79. The van der Waals surface area contributed by atoms with E-state index in [9.17, 15) is 4.39 Å². The largest absolute Gasteiger partial charge is 0.454 e. The maximum Gasteiger partial charge on any atom is 0.231 e. The van der Waals surface area contributed by atoms with Crippen LogP contribution in [0.3, 0.4) is 0 Å². The van der Waals surface area contributed by atoms with Crippen molar-refractivity contribution < 1.29 is 24.5 Å². The first-order chi connectivity index (χ1) is 12.2. The predicted octanol–water partition coefficient (Wildman–Crippen LogP) is 0.243. The summed E-state index contributed by atoms with van der Waals surface area (Å²) in [6, 6.07) is 13.3. The van der Waals surface area contributed by atoms with Crippen molar-refractivity contribution in [2.24, 2.45) is 0 Å². The lowest BCUT2D eigenvalue weighted by atomic mass is 10.0. The van der Waals surface area contributed by atoms with Crippen LogP contribution in [0.25, 0.3) is 0 Å². The summed E-state index contributed by atoms with van der Waals surface area (Å²) >= 11 is 0. The molecule has 2 aromatic rings. The van der Waals surface area contributed by atoms with E-state index in [1.165, 1.54) is 22.6 Å². The smallest absolute Gasteiger partial charge is 0.231 e. The summed E-state index contributed by atoms with van der Waals surface area (Å²) in [5.74, 6) is 1.47. The topological polar surface area (TPSA) is 53.8 Å². The molecule has 1 fully saturated rings.